The van der Waals surface area contributed by atoms with E-state index in [4.69, 9.17) is 9.47 Å². The van der Waals surface area contributed by atoms with Crippen LogP contribution in [0.3, 0.4) is 0 Å². The third-order valence-electron chi connectivity index (χ3n) is 6.55. The van der Waals surface area contributed by atoms with E-state index in [1.807, 2.05) is 12.5 Å². The highest BCUT2D eigenvalue weighted by atomic mass is 16.5. The zero-order chi connectivity index (χ0) is 24.2. The molecule has 0 atom stereocenters. The third-order valence-corrected chi connectivity index (χ3v) is 6.55. The van der Waals surface area contributed by atoms with Crippen LogP contribution in [0.5, 0.6) is 11.5 Å². The number of rotatable bonds is 14. The smallest absolute Gasteiger partial charge is 0.142 e. The van der Waals surface area contributed by atoms with Gasteiger partial charge in [0.2, 0.25) is 0 Å². The van der Waals surface area contributed by atoms with Crippen molar-refractivity contribution in [1.82, 2.24) is 0 Å². The minimum absolute atomic E-state index is 0.911. The van der Waals surface area contributed by atoms with Crippen molar-refractivity contribution in [2.45, 2.75) is 91.9 Å². The van der Waals surface area contributed by atoms with E-state index in [1.165, 1.54) is 62.5 Å². The highest BCUT2D eigenvalue weighted by Crippen LogP contribution is 2.44. The molecule has 0 aliphatic heterocycles. The number of ether oxygens (including phenoxy) is 2. The highest BCUT2D eigenvalue weighted by Gasteiger charge is 2.16. The Labute approximate surface area is 206 Å². The average molecular weight is 459 g/mol. The molecule has 0 saturated carbocycles. The van der Waals surface area contributed by atoms with Crippen molar-refractivity contribution in [2.75, 3.05) is 0 Å². The molecule has 2 nitrogen and oxygen atoms in total. The molecule has 182 valence electrons. The lowest BCUT2D eigenvalue weighted by molar-refractivity contribution is 0.481. The highest BCUT2D eigenvalue weighted by molar-refractivity contribution is 6.11. The maximum Gasteiger partial charge on any atom is 0.142 e. The van der Waals surface area contributed by atoms with Crippen molar-refractivity contribution in [3.8, 4) is 11.5 Å². The van der Waals surface area contributed by atoms with E-state index < -0.39 is 0 Å². The number of unbranched alkanes of at least 4 members (excludes halogenated alkanes) is 8. The lowest BCUT2D eigenvalue weighted by atomic mass is 9.96. The second kappa shape index (κ2) is 13.8. The van der Waals surface area contributed by atoms with Crippen molar-refractivity contribution >= 4 is 21.5 Å². The summed E-state index contributed by atoms with van der Waals surface area (Å²) in [6, 6.07) is 12.9. The summed E-state index contributed by atoms with van der Waals surface area (Å²) in [5, 5.41) is 4.37. The van der Waals surface area contributed by atoms with Crippen LogP contribution in [0.4, 0.5) is 0 Å². The van der Waals surface area contributed by atoms with E-state index in [-0.39, 0.29) is 0 Å². The summed E-state index contributed by atoms with van der Waals surface area (Å²) < 4.78 is 12.6. The number of hydrogen-bond donors (Lipinski definition) is 0. The molecule has 0 aliphatic carbocycles. The van der Waals surface area contributed by atoms with Crippen LogP contribution in [0.25, 0.3) is 21.5 Å². The monoisotopic (exact) mass is 458 g/mol. The number of benzene rings is 3. The molecule has 3 aromatic carbocycles. The lowest BCUT2D eigenvalue weighted by Gasteiger charge is -2.16. The molecule has 3 aromatic rings. The number of hydrogen-bond acceptors (Lipinski definition) is 2. The van der Waals surface area contributed by atoms with Gasteiger partial charge < -0.3 is 9.47 Å². The Morgan fingerprint density at radius 1 is 0.588 bits per heavy atom. The zero-order valence-electron chi connectivity index (χ0n) is 21.7. The first kappa shape index (κ1) is 25.9. The summed E-state index contributed by atoms with van der Waals surface area (Å²) in [6.07, 6.45) is 20.3. The fraction of sp³-hybridized carbons (Fsp3) is 0.438. The summed E-state index contributed by atoms with van der Waals surface area (Å²) in [5.74, 6) is 1.82. The van der Waals surface area contributed by atoms with Crippen LogP contribution in [-0.2, 0) is 0 Å². The number of aryl methyl sites for hydroxylation is 2. The molecule has 0 fully saturated rings. The molecular weight excluding hydrogens is 416 g/mol. The predicted octanol–water partition coefficient (Wildman–Crippen LogP) is 10.3. The Bertz CT molecular complexity index is 1020. The van der Waals surface area contributed by atoms with E-state index in [0.29, 0.717) is 0 Å². The molecule has 2 heteroatoms. The minimum Gasteiger partial charge on any atom is -0.464 e. The van der Waals surface area contributed by atoms with Crippen molar-refractivity contribution in [3.63, 3.8) is 0 Å². The molecule has 0 saturated heterocycles. The van der Waals surface area contributed by atoms with Crippen LogP contribution in [-0.4, -0.2) is 0 Å². The predicted molar refractivity (Wildman–Crippen MR) is 148 cm³/mol. The van der Waals surface area contributed by atoms with Crippen molar-refractivity contribution < 1.29 is 9.47 Å². The molecule has 0 N–H and O–H groups in total. The van der Waals surface area contributed by atoms with E-state index in [1.54, 1.807) is 0 Å². The first-order chi connectivity index (χ1) is 16.7. The summed E-state index contributed by atoms with van der Waals surface area (Å²) in [6.45, 7) is 8.81. The zero-order valence-corrected chi connectivity index (χ0v) is 21.7. The van der Waals surface area contributed by atoms with Gasteiger partial charge in [0.05, 0.1) is 12.5 Å². The number of allylic oxidation sites excluding steroid dienone is 2. The maximum absolute atomic E-state index is 6.32. The largest absolute Gasteiger partial charge is 0.464 e. The minimum atomic E-state index is 0.911. The Morgan fingerprint density at radius 3 is 1.44 bits per heavy atom. The second-order valence-electron chi connectivity index (χ2n) is 9.36. The molecule has 0 aromatic heterocycles. The third kappa shape index (κ3) is 6.88. The van der Waals surface area contributed by atoms with Gasteiger partial charge in [0.1, 0.15) is 11.5 Å². The van der Waals surface area contributed by atoms with Crippen LogP contribution in [0, 0.1) is 13.8 Å². The fourth-order valence-corrected chi connectivity index (χ4v) is 4.36. The van der Waals surface area contributed by atoms with Crippen molar-refractivity contribution in [2.24, 2.45) is 0 Å². The normalized spacial score (nSPS) is 11.9. The standard InChI is InChI=1S/C32H42O2/c1-5-7-9-11-13-17-21-33-31-27-19-15-16-20-28(27)32(34-22-18-14-12-10-8-6-2)30-24-26(4)25(3)23-29(30)31/h15-24H,5-14H2,1-4H3/b21-17+,22-18+. The van der Waals surface area contributed by atoms with Gasteiger partial charge in [-0.1, -0.05) is 76.6 Å². The van der Waals surface area contributed by atoms with Gasteiger partial charge in [-0.05, 0) is 74.9 Å². The van der Waals surface area contributed by atoms with Gasteiger partial charge in [0, 0.05) is 21.5 Å². The molecule has 0 spiro atoms. The Hall–Kier alpha value is -2.74. The molecule has 0 aliphatic rings. The lowest BCUT2D eigenvalue weighted by Crippen LogP contribution is -1.94. The van der Waals surface area contributed by atoms with E-state index >= 15 is 0 Å². The molecule has 0 bridgehead atoms. The second-order valence-corrected chi connectivity index (χ2v) is 9.36. The molecule has 0 amide bonds. The molecule has 0 unspecified atom stereocenters. The summed E-state index contributed by atoms with van der Waals surface area (Å²) in [5.41, 5.74) is 2.52. The van der Waals surface area contributed by atoms with Crippen molar-refractivity contribution in [3.05, 3.63) is 72.2 Å². The summed E-state index contributed by atoms with van der Waals surface area (Å²) in [4.78, 5) is 0. The van der Waals surface area contributed by atoms with Gasteiger partial charge in [0.25, 0.3) is 0 Å². The van der Waals surface area contributed by atoms with Gasteiger partial charge >= 0.3 is 0 Å². The number of fused-ring (bicyclic) bond motifs is 2. The Balaban J connectivity index is 1.93. The van der Waals surface area contributed by atoms with E-state index in [0.717, 1.165) is 45.9 Å². The Kier molecular flexibility index (Phi) is 10.5. The SMILES string of the molecule is CCCCCC/C=C/Oc1c2ccccc2c(O/C=C/CCCCCC)c2cc(C)c(C)cc12. The van der Waals surface area contributed by atoms with Gasteiger partial charge in [-0.25, -0.2) is 0 Å². The van der Waals surface area contributed by atoms with Gasteiger partial charge in [-0.15, -0.1) is 0 Å². The molecular formula is C32H42O2. The topological polar surface area (TPSA) is 18.5 Å². The molecule has 3 rings (SSSR count). The molecule has 0 heterocycles. The van der Waals surface area contributed by atoms with Crippen LogP contribution < -0.4 is 9.47 Å². The maximum atomic E-state index is 6.32. The Morgan fingerprint density at radius 2 is 1.03 bits per heavy atom. The average Bonchev–Trinajstić information content (AvgIpc) is 2.84. The van der Waals surface area contributed by atoms with Crippen LogP contribution in [0.2, 0.25) is 0 Å². The van der Waals surface area contributed by atoms with Gasteiger partial charge in [0.15, 0.2) is 0 Å². The first-order valence-electron chi connectivity index (χ1n) is 13.3. The van der Waals surface area contributed by atoms with Crippen LogP contribution in [0.1, 0.15) is 89.2 Å². The van der Waals surface area contributed by atoms with Crippen LogP contribution >= 0.6 is 0 Å². The first-order valence-corrected chi connectivity index (χ1v) is 13.3. The van der Waals surface area contributed by atoms with E-state index in [9.17, 15) is 0 Å². The van der Waals surface area contributed by atoms with Gasteiger partial charge in [-0.2, -0.15) is 0 Å². The summed E-state index contributed by atoms with van der Waals surface area (Å²) >= 11 is 0. The van der Waals surface area contributed by atoms with E-state index in [2.05, 4.69) is 76.2 Å². The quantitative estimate of drug-likeness (QED) is 0.136. The fourth-order valence-electron chi connectivity index (χ4n) is 4.36. The van der Waals surface area contributed by atoms with Crippen LogP contribution in [0.15, 0.2) is 61.1 Å². The van der Waals surface area contributed by atoms with Gasteiger partial charge in [-0.3, -0.25) is 0 Å². The molecule has 0 radical (unpaired) electrons. The summed E-state index contributed by atoms with van der Waals surface area (Å²) in [7, 11) is 0. The van der Waals surface area contributed by atoms with Crippen molar-refractivity contribution in [1.29, 1.82) is 0 Å². The molecule has 34 heavy (non-hydrogen) atoms.